The van der Waals surface area contributed by atoms with Gasteiger partial charge >= 0.3 is 0 Å². The molecule has 0 aliphatic carbocycles. The molecule has 0 fully saturated rings. The molecule has 0 N–H and O–H groups in total. The fourth-order valence-electron chi connectivity index (χ4n) is 2.04. The van der Waals surface area contributed by atoms with Crippen LogP contribution in [0.3, 0.4) is 0 Å². The quantitative estimate of drug-likeness (QED) is 0.653. The first-order chi connectivity index (χ1) is 11.0. The van der Waals surface area contributed by atoms with E-state index in [-0.39, 0.29) is 0 Å². The molecule has 0 aliphatic heterocycles. The molecule has 6 heteroatoms. The largest absolute Gasteiger partial charge is 0.439 e. The van der Waals surface area contributed by atoms with Crippen molar-refractivity contribution in [1.82, 2.24) is 4.98 Å². The molecule has 0 radical (unpaired) electrons. The maximum Gasteiger partial charge on any atom is 0.256 e. The Balaban J connectivity index is 1.66. The number of benzene rings is 2. The average Bonchev–Trinajstić information content (AvgIpc) is 3.02. The van der Waals surface area contributed by atoms with Gasteiger partial charge in [-0.1, -0.05) is 54.2 Å². The molecule has 1 aromatic heterocycles. The van der Waals surface area contributed by atoms with E-state index >= 15 is 0 Å². The van der Waals surface area contributed by atoms with Crippen LogP contribution in [0.5, 0.6) is 0 Å². The molecular formula is C17H15NO3S2. The molecule has 3 aromatic rings. The second kappa shape index (κ2) is 6.60. The highest BCUT2D eigenvalue weighted by atomic mass is 32.2. The van der Waals surface area contributed by atoms with Crippen LogP contribution < -0.4 is 0 Å². The van der Waals surface area contributed by atoms with E-state index in [2.05, 4.69) is 4.98 Å². The molecule has 0 saturated heterocycles. The van der Waals surface area contributed by atoms with Crippen LogP contribution in [-0.2, 0) is 15.6 Å². The van der Waals surface area contributed by atoms with Crippen molar-refractivity contribution in [3.8, 4) is 11.3 Å². The van der Waals surface area contributed by atoms with Crippen LogP contribution in [-0.4, -0.2) is 19.7 Å². The van der Waals surface area contributed by atoms with Crippen LogP contribution in [0.25, 0.3) is 11.3 Å². The first-order valence-corrected chi connectivity index (χ1v) is 9.83. The summed E-state index contributed by atoms with van der Waals surface area (Å²) in [5, 5.41) is 0.594. The van der Waals surface area contributed by atoms with Crippen LogP contribution in [0.2, 0.25) is 0 Å². The Morgan fingerprint density at radius 3 is 2.39 bits per heavy atom. The predicted octanol–water partition coefficient (Wildman–Crippen LogP) is 4.04. The Morgan fingerprint density at radius 2 is 1.74 bits per heavy atom. The van der Waals surface area contributed by atoms with Gasteiger partial charge in [0.05, 0.1) is 4.90 Å². The Morgan fingerprint density at radius 1 is 1.04 bits per heavy atom. The van der Waals surface area contributed by atoms with E-state index in [1.54, 1.807) is 18.4 Å². The van der Waals surface area contributed by atoms with Crippen molar-refractivity contribution in [2.75, 3.05) is 6.26 Å². The number of hydrogen-bond donors (Lipinski definition) is 0. The molecular weight excluding hydrogens is 330 g/mol. The second-order valence-corrected chi connectivity index (χ2v) is 8.01. The van der Waals surface area contributed by atoms with E-state index in [1.807, 2.05) is 42.5 Å². The van der Waals surface area contributed by atoms with E-state index < -0.39 is 9.84 Å². The Labute approximate surface area is 139 Å². The molecule has 4 nitrogen and oxygen atoms in total. The Bertz CT molecular complexity index is 885. The minimum Gasteiger partial charge on any atom is -0.439 e. The maximum absolute atomic E-state index is 11.4. The lowest BCUT2D eigenvalue weighted by Gasteiger charge is -2.01. The van der Waals surface area contributed by atoms with Crippen molar-refractivity contribution < 1.29 is 12.8 Å². The number of aromatic nitrogens is 1. The van der Waals surface area contributed by atoms with Crippen molar-refractivity contribution in [1.29, 1.82) is 0 Å². The maximum atomic E-state index is 11.4. The minimum atomic E-state index is -3.15. The summed E-state index contributed by atoms with van der Waals surface area (Å²) >= 11 is 1.48. The third kappa shape index (κ3) is 4.03. The highest BCUT2D eigenvalue weighted by Crippen LogP contribution is 2.26. The van der Waals surface area contributed by atoms with Gasteiger partial charge in [0.1, 0.15) is 12.0 Å². The standard InChI is InChI=1S/C17H15NO3S2/c1-23(19,20)15-9-7-13(8-10-15)12-22-17-18-16(11-21-17)14-5-3-2-4-6-14/h2-11H,12H2,1H3. The highest BCUT2D eigenvalue weighted by Gasteiger charge is 2.09. The first kappa shape index (κ1) is 15.8. The van der Waals surface area contributed by atoms with Crippen LogP contribution in [0.1, 0.15) is 5.56 Å². The smallest absolute Gasteiger partial charge is 0.256 e. The lowest BCUT2D eigenvalue weighted by atomic mass is 10.2. The van der Waals surface area contributed by atoms with Gasteiger partial charge in [0.2, 0.25) is 0 Å². The highest BCUT2D eigenvalue weighted by molar-refractivity contribution is 7.98. The van der Waals surface area contributed by atoms with Gasteiger partial charge in [-0.25, -0.2) is 13.4 Å². The van der Waals surface area contributed by atoms with Crippen molar-refractivity contribution in [3.05, 3.63) is 66.4 Å². The summed E-state index contributed by atoms with van der Waals surface area (Å²) in [6.07, 6.45) is 2.85. The lowest BCUT2D eigenvalue weighted by Crippen LogP contribution is -1.96. The van der Waals surface area contributed by atoms with Gasteiger partial charge in [-0.15, -0.1) is 0 Å². The summed E-state index contributed by atoms with van der Waals surface area (Å²) < 4.78 is 28.3. The molecule has 2 aromatic carbocycles. The molecule has 0 aliphatic rings. The molecule has 0 unspecified atom stereocenters. The van der Waals surface area contributed by atoms with Crippen molar-refractivity contribution in [3.63, 3.8) is 0 Å². The normalized spacial score (nSPS) is 11.5. The van der Waals surface area contributed by atoms with Crippen LogP contribution in [0.15, 0.2) is 75.4 Å². The van der Waals surface area contributed by atoms with E-state index in [1.165, 1.54) is 18.0 Å². The van der Waals surface area contributed by atoms with Gasteiger partial charge in [-0.3, -0.25) is 0 Å². The minimum absolute atomic E-state index is 0.328. The molecule has 118 valence electrons. The summed E-state index contributed by atoms with van der Waals surface area (Å²) in [4.78, 5) is 4.78. The van der Waals surface area contributed by atoms with Crippen molar-refractivity contribution >= 4 is 21.6 Å². The number of hydrogen-bond acceptors (Lipinski definition) is 5. The summed E-state index contributed by atoms with van der Waals surface area (Å²) in [6, 6.07) is 16.7. The fourth-order valence-corrected chi connectivity index (χ4v) is 3.44. The van der Waals surface area contributed by atoms with E-state index in [0.717, 1.165) is 16.8 Å². The van der Waals surface area contributed by atoms with Gasteiger partial charge < -0.3 is 4.42 Å². The van der Waals surface area contributed by atoms with Gasteiger partial charge in [0, 0.05) is 17.6 Å². The van der Waals surface area contributed by atoms with Crippen LogP contribution in [0, 0.1) is 0 Å². The van der Waals surface area contributed by atoms with E-state index in [0.29, 0.717) is 15.9 Å². The molecule has 0 spiro atoms. The number of sulfone groups is 1. The lowest BCUT2D eigenvalue weighted by molar-refractivity contribution is 0.454. The van der Waals surface area contributed by atoms with E-state index in [9.17, 15) is 8.42 Å². The van der Waals surface area contributed by atoms with Crippen molar-refractivity contribution in [2.24, 2.45) is 0 Å². The molecule has 0 atom stereocenters. The molecule has 0 bridgehead atoms. The average molecular weight is 345 g/mol. The number of oxazole rings is 1. The zero-order valence-electron chi connectivity index (χ0n) is 12.5. The van der Waals surface area contributed by atoms with Crippen LogP contribution >= 0.6 is 11.8 Å². The first-order valence-electron chi connectivity index (χ1n) is 6.95. The number of nitrogens with zero attached hydrogens (tertiary/aromatic N) is 1. The molecule has 0 saturated carbocycles. The molecule has 1 heterocycles. The molecule has 23 heavy (non-hydrogen) atoms. The van der Waals surface area contributed by atoms with Gasteiger partial charge in [0.25, 0.3) is 5.22 Å². The van der Waals surface area contributed by atoms with Gasteiger partial charge in [0.15, 0.2) is 9.84 Å². The van der Waals surface area contributed by atoms with E-state index in [4.69, 9.17) is 4.42 Å². The van der Waals surface area contributed by atoms with Gasteiger partial charge in [-0.05, 0) is 17.7 Å². The molecule has 0 amide bonds. The third-order valence-electron chi connectivity index (χ3n) is 3.27. The number of rotatable bonds is 5. The topological polar surface area (TPSA) is 60.2 Å². The SMILES string of the molecule is CS(=O)(=O)c1ccc(CSc2nc(-c3ccccc3)co2)cc1. The fraction of sp³-hybridized carbons (Fsp3) is 0.118. The summed E-state index contributed by atoms with van der Waals surface area (Å²) in [7, 11) is -3.15. The third-order valence-corrected chi connectivity index (χ3v) is 5.31. The Kier molecular flexibility index (Phi) is 4.54. The zero-order chi connectivity index (χ0) is 16.3. The number of thioether (sulfide) groups is 1. The predicted molar refractivity (Wildman–Crippen MR) is 91.1 cm³/mol. The van der Waals surface area contributed by atoms with Gasteiger partial charge in [-0.2, -0.15) is 0 Å². The summed E-state index contributed by atoms with van der Waals surface area (Å²) in [5.41, 5.74) is 2.84. The Hall–Kier alpha value is -2.05. The van der Waals surface area contributed by atoms with Crippen LogP contribution in [0.4, 0.5) is 0 Å². The molecule has 3 rings (SSSR count). The summed E-state index contributed by atoms with van der Waals surface area (Å²) in [5.74, 6) is 0.665. The monoisotopic (exact) mass is 345 g/mol. The summed E-state index contributed by atoms with van der Waals surface area (Å²) in [6.45, 7) is 0. The second-order valence-electron chi connectivity index (χ2n) is 5.07. The zero-order valence-corrected chi connectivity index (χ0v) is 14.1. The van der Waals surface area contributed by atoms with Crippen molar-refractivity contribution in [2.45, 2.75) is 15.9 Å².